The van der Waals surface area contributed by atoms with Gasteiger partial charge in [-0.25, -0.2) is 0 Å². The SMILES string of the molecule is CC(C)SC(=O)C(Cl)(Cl)[C@@H]1C=CCCC1. The number of thioether (sulfide) groups is 1. The molecule has 15 heavy (non-hydrogen) atoms. The molecule has 0 aromatic carbocycles. The van der Waals surface area contributed by atoms with E-state index in [1.807, 2.05) is 19.9 Å². The second-order valence-corrected chi connectivity index (χ2v) is 6.98. The first-order valence-corrected chi connectivity index (χ1v) is 6.83. The number of hydrogen-bond donors (Lipinski definition) is 0. The molecule has 0 aliphatic heterocycles. The van der Waals surface area contributed by atoms with Crippen molar-refractivity contribution in [3.63, 3.8) is 0 Å². The lowest BCUT2D eigenvalue weighted by molar-refractivity contribution is -0.112. The molecule has 1 atom stereocenters. The molecule has 0 bridgehead atoms. The van der Waals surface area contributed by atoms with Crippen molar-refractivity contribution in [1.29, 1.82) is 0 Å². The highest BCUT2D eigenvalue weighted by atomic mass is 35.5. The van der Waals surface area contributed by atoms with Gasteiger partial charge in [0.05, 0.1) is 0 Å². The normalized spacial score (nSPS) is 22.1. The van der Waals surface area contributed by atoms with E-state index in [4.69, 9.17) is 23.2 Å². The van der Waals surface area contributed by atoms with Crippen LogP contribution in [0, 0.1) is 5.92 Å². The average molecular weight is 267 g/mol. The fourth-order valence-corrected chi connectivity index (χ4v) is 2.93. The van der Waals surface area contributed by atoms with E-state index in [2.05, 4.69) is 6.08 Å². The molecule has 0 saturated heterocycles. The number of alkyl halides is 2. The fraction of sp³-hybridized carbons (Fsp3) is 0.727. The number of carbonyl (C=O) groups excluding carboxylic acids is 1. The summed E-state index contributed by atoms with van der Waals surface area (Å²) in [6, 6.07) is 0. The van der Waals surface area contributed by atoms with Gasteiger partial charge >= 0.3 is 0 Å². The Bertz CT molecular complexity index is 261. The lowest BCUT2D eigenvalue weighted by atomic mass is 9.93. The molecule has 1 nitrogen and oxygen atoms in total. The minimum Gasteiger partial charge on any atom is -0.284 e. The number of rotatable bonds is 3. The highest BCUT2D eigenvalue weighted by molar-refractivity contribution is 8.14. The quantitative estimate of drug-likeness (QED) is 0.563. The Kier molecular flexibility index (Phi) is 5.01. The van der Waals surface area contributed by atoms with Crippen LogP contribution in [-0.2, 0) is 4.79 Å². The number of halogens is 2. The summed E-state index contributed by atoms with van der Waals surface area (Å²) >= 11 is 13.5. The first kappa shape index (κ1) is 13.4. The van der Waals surface area contributed by atoms with Gasteiger partial charge in [0.25, 0.3) is 0 Å². The van der Waals surface area contributed by atoms with E-state index < -0.39 is 4.33 Å². The third-order valence-corrected chi connectivity index (χ3v) is 4.47. The number of allylic oxidation sites excluding steroid dienone is 2. The van der Waals surface area contributed by atoms with Crippen molar-refractivity contribution in [3.8, 4) is 0 Å². The van der Waals surface area contributed by atoms with E-state index in [0.717, 1.165) is 19.3 Å². The van der Waals surface area contributed by atoms with Gasteiger partial charge in [-0.15, -0.1) is 0 Å². The molecule has 86 valence electrons. The molecule has 0 N–H and O–H groups in total. The largest absolute Gasteiger partial charge is 0.284 e. The van der Waals surface area contributed by atoms with Crippen LogP contribution in [0.15, 0.2) is 12.2 Å². The van der Waals surface area contributed by atoms with Gasteiger partial charge in [-0.3, -0.25) is 4.79 Å². The maximum atomic E-state index is 11.8. The monoisotopic (exact) mass is 266 g/mol. The summed E-state index contributed by atoms with van der Waals surface area (Å²) < 4.78 is -1.26. The predicted molar refractivity (Wildman–Crippen MR) is 68.7 cm³/mol. The van der Waals surface area contributed by atoms with Crippen LogP contribution in [0.25, 0.3) is 0 Å². The number of hydrogen-bond acceptors (Lipinski definition) is 2. The summed E-state index contributed by atoms with van der Waals surface area (Å²) in [6.07, 6.45) is 7.05. The minimum atomic E-state index is -1.26. The van der Waals surface area contributed by atoms with Crippen LogP contribution in [-0.4, -0.2) is 14.7 Å². The van der Waals surface area contributed by atoms with Crippen molar-refractivity contribution < 1.29 is 4.79 Å². The Balaban J connectivity index is 2.67. The minimum absolute atomic E-state index is 0.0340. The van der Waals surface area contributed by atoms with Crippen LogP contribution in [0.4, 0.5) is 0 Å². The lowest BCUT2D eigenvalue weighted by Gasteiger charge is -2.28. The van der Waals surface area contributed by atoms with E-state index in [-0.39, 0.29) is 16.3 Å². The summed E-state index contributed by atoms with van der Waals surface area (Å²) in [5.41, 5.74) is 0. The molecule has 1 aliphatic carbocycles. The molecule has 1 rings (SSSR count). The average Bonchev–Trinajstić information content (AvgIpc) is 2.18. The third kappa shape index (κ3) is 3.69. The molecule has 1 aliphatic rings. The lowest BCUT2D eigenvalue weighted by Crippen LogP contribution is -2.33. The summed E-state index contributed by atoms with van der Waals surface area (Å²) in [4.78, 5) is 11.8. The molecule has 0 unspecified atom stereocenters. The molecule has 0 aromatic rings. The zero-order valence-corrected chi connectivity index (χ0v) is 11.3. The Morgan fingerprint density at radius 3 is 2.67 bits per heavy atom. The maximum Gasteiger partial charge on any atom is 0.225 e. The van der Waals surface area contributed by atoms with Gasteiger partial charge in [0.15, 0.2) is 4.33 Å². The highest BCUT2D eigenvalue weighted by Crippen LogP contribution is 2.41. The van der Waals surface area contributed by atoms with E-state index in [0.29, 0.717) is 0 Å². The third-order valence-electron chi connectivity index (χ3n) is 2.33. The van der Waals surface area contributed by atoms with Gasteiger partial charge in [0.1, 0.15) is 0 Å². The smallest absolute Gasteiger partial charge is 0.225 e. The molecule has 0 heterocycles. The molecule has 0 spiro atoms. The Morgan fingerprint density at radius 1 is 1.53 bits per heavy atom. The Morgan fingerprint density at radius 2 is 2.20 bits per heavy atom. The second-order valence-electron chi connectivity index (χ2n) is 4.04. The topological polar surface area (TPSA) is 17.1 Å². The first-order chi connectivity index (χ1) is 6.94. The number of carbonyl (C=O) groups is 1. The first-order valence-electron chi connectivity index (χ1n) is 5.20. The van der Waals surface area contributed by atoms with Crippen molar-refractivity contribution in [1.82, 2.24) is 0 Å². The second kappa shape index (κ2) is 5.60. The standard InChI is InChI=1S/C11H16Cl2OS/c1-8(2)15-10(14)11(12,13)9-6-4-3-5-7-9/h4,6,8-9H,3,5,7H2,1-2H3/t9-/m1/s1. The summed E-state index contributed by atoms with van der Waals surface area (Å²) in [6.45, 7) is 3.92. The van der Waals surface area contributed by atoms with Crippen molar-refractivity contribution in [3.05, 3.63) is 12.2 Å². The summed E-state index contributed by atoms with van der Waals surface area (Å²) in [5, 5.41) is 0.0966. The van der Waals surface area contributed by atoms with Crippen LogP contribution in [0.2, 0.25) is 0 Å². The molecule has 0 fully saturated rings. The van der Waals surface area contributed by atoms with Gasteiger partial charge in [0, 0.05) is 11.2 Å². The van der Waals surface area contributed by atoms with Gasteiger partial charge < -0.3 is 0 Å². The summed E-state index contributed by atoms with van der Waals surface area (Å²) in [5.74, 6) is -0.0340. The van der Waals surface area contributed by atoms with Crippen molar-refractivity contribution >= 4 is 40.1 Å². The van der Waals surface area contributed by atoms with E-state index in [9.17, 15) is 4.79 Å². The predicted octanol–water partition coefficient (Wildman–Crippen LogP) is 4.18. The molecule has 4 heteroatoms. The van der Waals surface area contributed by atoms with E-state index in [1.165, 1.54) is 11.8 Å². The van der Waals surface area contributed by atoms with Gasteiger partial charge in [-0.2, -0.15) is 0 Å². The summed E-state index contributed by atoms with van der Waals surface area (Å²) in [7, 11) is 0. The highest BCUT2D eigenvalue weighted by Gasteiger charge is 2.41. The van der Waals surface area contributed by atoms with Gasteiger partial charge in [-0.1, -0.05) is 61.0 Å². The van der Waals surface area contributed by atoms with Crippen LogP contribution in [0.5, 0.6) is 0 Å². The van der Waals surface area contributed by atoms with Crippen LogP contribution in [0.3, 0.4) is 0 Å². The zero-order chi connectivity index (χ0) is 11.5. The van der Waals surface area contributed by atoms with Crippen molar-refractivity contribution in [2.24, 2.45) is 5.92 Å². The molecule has 0 saturated carbocycles. The van der Waals surface area contributed by atoms with Gasteiger partial charge in [0.2, 0.25) is 5.12 Å². The van der Waals surface area contributed by atoms with Gasteiger partial charge in [-0.05, 0) is 19.3 Å². The van der Waals surface area contributed by atoms with Crippen molar-refractivity contribution in [2.75, 3.05) is 0 Å². The molecule has 0 radical (unpaired) electrons. The van der Waals surface area contributed by atoms with Crippen LogP contribution < -0.4 is 0 Å². The maximum absolute atomic E-state index is 11.8. The van der Waals surface area contributed by atoms with Crippen LogP contribution >= 0.6 is 35.0 Å². The van der Waals surface area contributed by atoms with Crippen molar-refractivity contribution in [2.45, 2.75) is 42.7 Å². The zero-order valence-electron chi connectivity index (χ0n) is 9.00. The molecular formula is C11H16Cl2OS. The van der Waals surface area contributed by atoms with Crippen LogP contribution in [0.1, 0.15) is 33.1 Å². The van der Waals surface area contributed by atoms with E-state index >= 15 is 0 Å². The molecule has 0 amide bonds. The molecular weight excluding hydrogens is 251 g/mol. The Labute approximate surface area is 106 Å². The Hall–Kier alpha value is 0.340. The van der Waals surface area contributed by atoms with E-state index in [1.54, 1.807) is 0 Å². The molecule has 0 aromatic heterocycles. The fourth-order valence-electron chi connectivity index (χ4n) is 1.56.